The smallest absolute Gasteiger partial charge is 0.123 e. The quantitative estimate of drug-likeness (QED) is 0.679. The van der Waals surface area contributed by atoms with Crippen molar-refractivity contribution in [2.75, 3.05) is 0 Å². The summed E-state index contributed by atoms with van der Waals surface area (Å²) < 4.78 is 12.8. The van der Waals surface area contributed by atoms with E-state index in [1.165, 1.54) is 12.1 Å². The Balaban J connectivity index is 2.21. The minimum Gasteiger partial charge on any atom is -0.367 e. The number of amidine groups is 1. The molecule has 13 heavy (non-hydrogen) atoms. The Morgan fingerprint density at radius 2 is 2.31 bits per heavy atom. The van der Waals surface area contributed by atoms with E-state index >= 15 is 0 Å². The van der Waals surface area contributed by atoms with E-state index in [-0.39, 0.29) is 11.9 Å². The molecule has 0 bridgehead atoms. The van der Waals surface area contributed by atoms with Gasteiger partial charge in [0.15, 0.2) is 0 Å². The molecule has 1 saturated heterocycles. The van der Waals surface area contributed by atoms with Crippen LogP contribution in [0, 0.1) is 11.2 Å². The van der Waals surface area contributed by atoms with Crippen LogP contribution in [-0.2, 0) is 0 Å². The topological polar surface area (TPSA) is 35.9 Å². The fraction of sp³-hybridized carbons (Fsp3) is 0.300. The van der Waals surface area contributed by atoms with Crippen LogP contribution in [0.2, 0.25) is 0 Å². The second-order valence-corrected chi connectivity index (χ2v) is 3.27. The molecule has 0 saturated carbocycles. The van der Waals surface area contributed by atoms with Crippen LogP contribution in [-0.4, -0.2) is 5.84 Å². The van der Waals surface area contributed by atoms with Gasteiger partial charge in [0.25, 0.3) is 0 Å². The van der Waals surface area contributed by atoms with Crippen molar-refractivity contribution in [2.45, 2.75) is 18.9 Å². The lowest BCUT2D eigenvalue weighted by atomic mass is 10.1. The van der Waals surface area contributed by atoms with Gasteiger partial charge in [0.2, 0.25) is 0 Å². The second-order valence-electron chi connectivity index (χ2n) is 3.27. The molecule has 1 aromatic carbocycles. The number of nitrogens with one attached hydrogen (secondary N) is 2. The van der Waals surface area contributed by atoms with Gasteiger partial charge in [-0.15, -0.1) is 0 Å². The van der Waals surface area contributed by atoms with Crippen molar-refractivity contribution < 1.29 is 4.39 Å². The van der Waals surface area contributed by atoms with Crippen LogP contribution < -0.4 is 5.32 Å². The SMILES string of the molecule is N=C1CCC(c2cccc(F)c2)N1. The van der Waals surface area contributed by atoms with Crippen LogP contribution >= 0.6 is 0 Å². The van der Waals surface area contributed by atoms with E-state index in [0.29, 0.717) is 5.84 Å². The van der Waals surface area contributed by atoms with E-state index in [9.17, 15) is 4.39 Å². The third kappa shape index (κ3) is 1.69. The van der Waals surface area contributed by atoms with Gasteiger partial charge in [-0.1, -0.05) is 12.1 Å². The molecule has 1 fully saturated rings. The minimum absolute atomic E-state index is 0.128. The van der Waals surface area contributed by atoms with Crippen LogP contribution in [0.3, 0.4) is 0 Å². The van der Waals surface area contributed by atoms with Gasteiger partial charge in [-0.05, 0) is 24.1 Å². The van der Waals surface area contributed by atoms with Crippen LogP contribution in [0.1, 0.15) is 24.4 Å². The highest BCUT2D eigenvalue weighted by Crippen LogP contribution is 2.23. The van der Waals surface area contributed by atoms with Crippen molar-refractivity contribution in [1.82, 2.24) is 5.32 Å². The molecule has 0 spiro atoms. The Labute approximate surface area is 76.3 Å². The summed E-state index contributed by atoms with van der Waals surface area (Å²) in [7, 11) is 0. The van der Waals surface area contributed by atoms with Gasteiger partial charge in [0.1, 0.15) is 5.82 Å². The van der Waals surface area contributed by atoms with E-state index in [2.05, 4.69) is 5.32 Å². The normalized spacial score (nSPS) is 21.6. The third-order valence-corrected chi connectivity index (χ3v) is 2.28. The highest BCUT2D eigenvalue weighted by atomic mass is 19.1. The lowest BCUT2D eigenvalue weighted by molar-refractivity contribution is 0.613. The van der Waals surface area contributed by atoms with Crippen molar-refractivity contribution in [3.8, 4) is 0 Å². The van der Waals surface area contributed by atoms with Gasteiger partial charge in [-0.25, -0.2) is 4.39 Å². The van der Waals surface area contributed by atoms with E-state index in [1.54, 1.807) is 6.07 Å². The fourth-order valence-electron chi connectivity index (χ4n) is 1.62. The highest BCUT2D eigenvalue weighted by molar-refractivity contribution is 5.81. The second kappa shape index (κ2) is 3.17. The standard InChI is InChI=1S/C10H11FN2/c11-8-3-1-2-7(6-8)9-4-5-10(12)13-9/h1-3,6,9H,4-5H2,(H2,12,13). The predicted octanol–water partition coefficient (Wildman–Crippen LogP) is 2.23. The van der Waals surface area contributed by atoms with Gasteiger partial charge in [0.05, 0.1) is 11.9 Å². The molecule has 0 amide bonds. The summed E-state index contributed by atoms with van der Waals surface area (Å²) in [4.78, 5) is 0. The van der Waals surface area contributed by atoms with Crippen LogP contribution in [0.25, 0.3) is 0 Å². The molecule has 2 rings (SSSR count). The van der Waals surface area contributed by atoms with Gasteiger partial charge in [-0.3, -0.25) is 5.41 Å². The molecule has 1 aliphatic rings. The maximum atomic E-state index is 12.8. The average molecular weight is 178 g/mol. The molecular formula is C10H11FN2. The molecule has 1 unspecified atom stereocenters. The lowest BCUT2D eigenvalue weighted by Crippen LogP contribution is -2.17. The van der Waals surface area contributed by atoms with Crippen molar-refractivity contribution in [3.63, 3.8) is 0 Å². The van der Waals surface area contributed by atoms with E-state index in [0.717, 1.165) is 18.4 Å². The maximum absolute atomic E-state index is 12.8. The Kier molecular flexibility index (Phi) is 2.00. The third-order valence-electron chi connectivity index (χ3n) is 2.28. The highest BCUT2D eigenvalue weighted by Gasteiger charge is 2.19. The van der Waals surface area contributed by atoms with Gasteiger partial charge in [0, 0.05) is 6.42 Å². The zero-order chi connectivity index (χ0) is 9.26. The molecule has 2 N–H and O–H groups in total. The number of hydrogen-bond acceptors (Lipinski definition) is 1. The Morgan fingerprint density at radius 1 is 1.46 bits per heavy atom. The number of benzene rings is 1. The molecule has 1 aromatic rings. The van der Waals surface area contributed by atoms with Crippen LogP contribution in [0.5, 0.6) is 0 Å². The van der Waals surface area contributed by atoms with E-state index < -0.39 is 0 Å². The first-order chi connectivity index (χ1) is 6.25. The Bertz CT molecular complexity index is 335. The molecule has 3 heteroatoms. The zero-order valence-electron chi connectivity index (χ0n) is 7.18. The first-order valence-corrected chi connectivity index (χ1v) is 4.35. The van der Waals surface area contributed by atoms with Gasteiger partial charge in [-0.2, -0.15) is 0 Å². The molecule has 0 aromatic heterocycles. The van der Waals surface area contributed by atoms with Crippen LogP contribution in [0.4, 0.5) is 4.39 Å². The number of hydrogen-bond donors (Lipinski definition) is 2. The summed E-state index contributed by atoms with van der Waals surface area (Å²) in [6.07, 6.45) is 1.66. The Hall–Kier alpha value is -1.38. The average Bonchev–Trinajstić information content (AvgIpc) is 2.52. The zero-order valence-corrected chi connectivity index (χ0v) is 7.18. The summed E-state index contributed by atoms with van der Waals surface area (Å²) in [6.45, 7) is 0. The Morgan fingerprint density at radius 3 is 2.92 bits per heavy atom. The summed E-state index contributed by atoms with van der Waals surface area (Å²) in [5.41, 5.74) is 0.933. The molecule has 0 radical (unpaired) electrons. The van der Waals surface area contributed by atoms with Crippen molar-refractivity contribution >= 4 is 5.84 Å². The van der Waals surface area contributed by atoms with Gasteiger partial charge < -0.3 is 5.32 Å². The monoisotopic (exact) mass is 178 g/mol. The van der Waals surface area contributed by atoms with E-state index in [4.69, 9.17) is 5.41 Å². The minimum atomic E-state index is -0.210. The molecule has 2 nitrogen and oxygen atoms in total. The van der Waals surface area contributed by atoms with E-state index in [1.807, 2.05) is 6.07 Å². The first-order valence-electron chi connectivity index (χ1n) is 4.35. The fourth-order valence-corrected chi connectivity index (χ4v) is 1.62. The number of halogens is 1. The van der Waals surface area contributed by atoms with Crippen LogP contribution in [0.15, 0.2) is 24.3 Å². The number of rotatable bonds is 1. The molecule has 1 heterocycles. The molecule has 1 atom stereocenters. The summed E-state index contributed by atoms with van der Waals surface area (Å²) in [6, 6.07) is 6.68. The maximum Gasteiger partial charge on any atom is 0.123 e. The summed E-state index contributed by atoms with van der Waals surface area (Å²) >= 11 is 0. The molecule has 1 aliphatic heterocycles. The molecule has 68 valence electrons. The van der Waals surface area contributed by atoms with Crippen molar-refractivity contribution in [2.24, 2.45) is 0 Å². The first kappa shape index (κ1) is 8.23. The predicted molar refractivity (Wildman–Crippen MR) is 49.2 cm³/mol. The lowest BCUT2D eigenvalue weighted by Gasteiger charge is -2.10. The molecule has 0 aliphatic carbocycles. The summed E-state index contributed by atoms with van der Waals surface area (Å²) in [5, 5.41) is 10.4. The summed E-state index contributed by atoms with van der Waals surface area (Å²) in [5.74, 6) is 0.340. The van der Waals surface area contributed by atoms with Crippen molar-refractivity contribution in [1.29, 1.82) is 5.41 Å². The van der Waals surface area contributed by atoms with Gasteiger partial charge >= 0.3 is 0 Å². The largest absolute Gasteiger partial charge is 0.367 e. The van der Waals surface area contributed by atoms with Crippen molar-refractivity contribution in [3.05, 3.63) is 35.6 Å². The molecular weight excluding hydrogens is 167 g/mol.